The number of methoxy groups -OCH3 is 1. The van der Waals surface area contributed by atoms with Crippen LogP contribution >= 0.6 is 0 Å². The van der Waals surface area contributed by atoms with Gasteiger partial charge in [-0.1, -0.05) is 12.1 Å². The third-order valence-electron chi connectivity index (χ3n) is 5.33. The van der Waals surface area contributed by atoms with Gasteiger partial charge in [-0.15, -0.1) is 0 Å². The zero-order valence-corrected chi connectivity index (χ0v) is 20.7. The first-order valence-corrected chi connectivity index (χ1v) is 12.2. The molecular formula is C25H26N4O5S. The van der Waals surface area contributed by atoms with E-state index in [1.807, 2.05) is 35.9 Å². The summed E-state index contributed by atoms with van der Waals surface area (Å²) in [6.45, 7) is 2.25. The van der Waals surface area contributed by atoms with Gasteiger partial charge in [0.1, 0.15) is 23.8 Å². The number of anilines is 1. The Balaban J connectivity index is 1.50. The Labute approximate surface area is 204 Å². The van der Waals surface area contributed by atoms with E-state index in [1.165, 1.54) is 39.4 Å². The average Bonchev–Trinajstić information content (AvgIpc) is 3.24. The summed E-state index contributed by atoms with van der Waals surface area (Å²) in [5.74, 6) is 0.406. The number of aromatic nitrogens is 2. The number of carbonyl (C=O) groups is 1. The first kappa shape index (κ1) is 24.2. The fourth-order valence-corrected chi connectivity index (χ4v) is 4.39. The molecule has 10 heteroatoms. The van der Waals surface area contributed by atoms with Crippen LogP contribution < -0.4 is 14.8 Å². The molecule has 0 saturated heterocycles. The van der Waals surface area contributed by atoms with Gasteiger partial charge in [0, 0.05) is 32.1 Å². The van der Waals surface area contributed by atoms with Crippen LogP contribution in [0, 0.1) is 6.92 Å². The molecule has 2 aromatic heterocycles. The Hall–Kier alpha value is -3.89. The molecule has 0 radical (unpaired) electrons. The second kappa shape index (κ2) is 9.77. The van der Waals surface area contributed by atoms with Crippen LogP contribution in [0.4, 0.5) is 5.69 Å². The molecule has 4 rings (SSSR count). The maximum atomic E-state index is 13.0. The number of benzene rings is 2. The SMILES string of the molecule is COc1ccc(S(=O)(=O)N(C)C)cc1NC(=O)c1cccc(OCc2cn3cc(C)ccc3n2)c1. The quantitative estimate of drug-likeness (QED) is 0.400. The number of fused-ring (bicyclic) bond motifs is 1. The number of ether oxygens (including phenoxy) is 2. The van der Waals surface area contributed by atoms with E-state index in [2.05, 4.69) is 10.3 Å². The van der Waals surface area contributed by atoms with Crippen LogP contribution in [0.25, 0.3) is 5.65 Å². The van der Waals surface area contributed by atoms with Crippen LogP contribution in [-0.2, 0) is 16.6 Å². The Kier molecular flexibility index (Phi) is 6.77. The Morgan fingerprint density at radius 2 is 1.89 bits per heavy atom. The Morgan fingerprint density at radius 1 is 1.09 bits per heavy atom. The molecule has 1 amide bonds. The lowest BCUT2D eigenvalue weighted by molar-refractivity contribution is 0.102. The monoisotopic (exact) mass is 494 g/mol. The molecule has 0 fully saturated rings. The lowest BCUT2D eigenvalue weighted by atomic mass is 10.2. The van der Waals surface area contributed by atoms with Crippen LogP contribution in [0.5, 0.6) is 11.5 Å². The summed E-state index contributed by atoms with van der Waals surface area (Å²) in [6.07, 6.45) is 3.89. The number of nitrogens with zero attached hydrogens (tertiary/aromatic N) is 3. The van der Waals surface area contributed by atoms with Gasteiger partial charge in [-0.05, 0) is 55.0 Å². The summed E-state index contributed by atoms with van der Waals surface area (Å²) in [4.78, 5) is 17.5. The normalized spacial score (nSPS) is 11.6. The summed E-state index contributed by atoms with van der Waals surface area (Å²) in [5, 5.41) is 2.74. The number of imidazole rings is 1. The van der Waals surface area contributed by atoms with E-state index < -0.39 is 15.9 Å². The minimum atomic E-state index is -3.68. The first-order chi connectivity index (χ1) is 16.7. The molecule has 0 aliphatic carbocycles. The number of hydrogen-bond acceptors (Lipinski definition) is 6. The molecule has 0 saturated carbocycles. The van der Waals surface area contributed by atoms with E-state index >= 15 is 0 Å². The van der Waals surface area contributed by atoms with Crippen LogP contribution in [0.15, 0.2) is 71.9 Å². The highest BCUT2D eigenvalue weighted by molar-refractivity contribution is 7.89. The molecule has 35 heavy (non-hydrogen) atoms. The second-order valence-electron chi connectivity index (χ2n) is 8.12. The van der Waals surface area contributed by atoms with Crippen molar-refractivity contribution in [2.75, 3.05) is 26.5 Å². The lowest BCUT2D eigenvalue weighted by Gasteiger charge is -2.15. The van der Waals surface area contributed by atoms with E-state index in [4.69, 9.17) is 9.47 Å². The Bertz CT molecular complexity index is 1500. The van der Waals surface area contributed by atoms with Crippen molar-refractivity contribution >= 4 is 27.3 Å². The lowest BCUT2D eigenvalue weighted by Crippen LogP contribution is -2.22. The van der Waals surface area contributed by atoms with Gasteiger partial charge in [0.25, 0.3) is 5.91 Å². The van der Waals surface area contributed by atoms with Crippen molar-refractivity contribution in [2.24, 2.45) is 0 Å². The van der Waals surface area contributed by atoms with Gasteiger partial charge >= 0.3 is 0 Å². The molecule has 9 nitrogen and oxygen atoms in total. The fourth-order valence-electron chi connectivity index (χ4n) is 3.46. The number of rotatable bonds is 8. The molecule has 0 unspecified atom stereocenters. The second-order valence-corrected chi connectivity index (χ2v) is 10.3. The minimum absolute atomic E-state index is 0.0401. The maximum Gasteiger partial charge on any atom is 0.255 e. The van der Waals surface area contributed by atoms with E-state index in [-0.39, 0.29) is 17.2 Å². The van der Waals surface area contributed by atoms with E-state index in [0.29, 0.717) is 17.1 Å². The molecule has 4 aromatic rings. The fraction of sp³-hybridized carbons (Fsp3) is 0.200. The highest BCUT2D eigenvalue weighted by Crippen LogP contribution is 2.29. The molecule has 1 N–H and O–H groups in total. The van der Waals surface area contributed by atoms with Crippen molar-refractivity contribution in [2.45, 2.75) is 18.4 Å². The Morgan fingerprint density at radius 3 is 2.63 bits per heavy atom. The molecule has 182 valence electrons. The summed E-state index contributed by atoms with van der Waals surface area (Å²) < 4.78 is 39.2. The van der Waals surface area contributed by atoms with Gasteiger partial charge < -0.3 is 19.2 Å². The van der Waals surface area contributed by atoms with Crippen molar-refractivity contribution in [1.29, 1.82) is 0 Å². The summed E-state index contributed by atoms with van der Waals surface area (Å²) in [7, 11) is 0.648. The summed E-state index contributed by atoms with van der Waals surface area (Å²) >= 11 is 0. The highest BCUT2D eigenvalue weighted by Gasteiger charge is 2.20. The smallest absolute Gasteiger partial charge is 0.255 e. The van der Waals surface area contributed by atoms with Crippen molar-refractivity contribution in [1.82, 2.24) is 13.7 Å². The van der Waals surface area contributed by atoms with E-state index in [0.717, 1.165) is 21.2 Å². The maximum absolute atomic E-state index is 13.0. The predicted molar refractivity (Wildman–Crippen MR) is 133 cm³/mol. The van der Waals surface area contributed by atoms with Crippen molar-refractivity contribution < 1.29 is 22.7 Å². The number of aryl methyl sites for hydroxylation is 1. The van der Waals surface area contributed by atoms with Crippen molar-refractivity contribution in [3.05, 3.63) is 83.8 Å². The number of sulfonamides is 1. The molecule has 2 aromatic carbocycles. The average molecular weight is 495 g/mol. The molecule has 0 aliphatic rings. The van der Waals surface area contributed by atoms with Gasteiger partial charge in [-0.3, -0.25) is 4.79 Å². The standard InChI is InChI=1S/C25H26N4O5S/c1-17-8-11-24-26-19(15-29(24)14-17)16-34-20-7-5-6-18(12-20)25(30)27-22-13-21(9-10-23(22)33-4)35(31,32)28(2)3/h5-15H,16H2,1-4H3,(H,27,30). The van der Waals surface area contributed by atoms with Crippen LogP contribution in [-0.4, -0.2) is 49.2 Å². The summed E-state index contributed by atoms with van der Waals surface area (Å²) in [5.41, 5.74) is 3.30. The van der Waals surface area contributed by atoms with Crippen LogP contribution in [0.2, 0.25) is 0 Å². The topological polar surface area (TPSA) is 102 Å². The molecule has 0 spiro atoms. The van der Waals surface area contributed by atoms with Crippen LogP contribution in [0.3, 0.4) is 0 Å². The number of nitrogens with one attached hydrogen (secondary N) is 1. The van der Waals surface area contributed by atoms with Gasteiger partial charge in [0.05, 0.1) is 23.4 Å². The molecule has 0 aliphatic heterocycles. The number of pyridine rings is 1. The van der Waals surface area contributed by atoms with Crippen molar-refractivity contribution in [3.63, 3.8) is 0 Å². The summed E-state index contributed by atoms with van der Waals surface area (Å²) in [6, 6.07) is 15.0. The molecular weight excluding hydrogens is 468 g/mol. The molecule has 2 heterocycles. The number of hydrogen-bond donors (Lipinski definition) is 1. The van der Waals surface area contributed by atoms with E-state index in [1.54, 1.807) is 24.3 Å². The molecule has 0 atom stereocenters. The highest BCUT2D eigenvalue weighted by atomic mass is 32.2. The van der Waals surface area contributed by atoms with Gasteiger partial charge in [-0.2, -0.15) is 0 Å². The van der Waals surface area contributed by atoms with Gasteiger partial charge in [-0.25, -0.2) is 17.7 Å². The van der Waals surface area contributed by atoms with Crippen LogP contribution in [0.1, 0.15) is 21.6 Å². The van der Waals surface area contributed by atoms with E-state index in [9.17, 15) is 13.2 Å². The van der Waals surface area contributed by atoms with Gasteiger partial charge in [0.15, 0.2) is 0 Å². The zero-order chi connectivity index (χ0) is 25.2. The molecule has 0 bridgehead atoms. The third kappa shape index (κ3) is 5.28. The largest absolute Gasteiger partial charge is 0.495 e. The minimum Gasteiger partial charge on any atom is -0.495 e. The first-order valence-electron chi connectivity index (χ1n) is 10.8. The van der Waals surface area contributed by atoms with Crippen molar-refractivity contribution in [3.8, 4) is 11.5 Å². The third-order valence-corrected chi connectivity index (χ3v) is 7.14. The predicted octanol–water partition coefficient (Wildman–Crippen LogP) is 3.73. The van der Waals surface area contributed by atoms with Gasteiger partial charge in [0.2, 0.25) is 10.0 Å². The zero-order valence-electron chi connectivity index (χ0n) is 19.8. The number of carbonyl (C=O) groups excluding carboxylic acids is 1. The number of amides is 1.